The Hall–Kier alpha value is -1.59. The molecule has 1 aromatic heterocycles. The highest BCUT2D eigenvalue weighted by atomic mass is 32.1. The normalized spacial score (nSPS) is 12.2. The van der Waals surface area contributed by atoms with E-state index in [1.807, 2.05) is 29.8 Å². The highest BCUT2D eigenvalue weighted by Gasteiger charge is 2.12. The van der Waals surface area contributed by atoms with E-state index in [-0.39, 0.29) is 6.04 Å². The number of para-hydroxylation sites is 1. The highest BCUT2D eigenvalue weighted by Crippen LogP contribution is 2.30. The van der Waals surface area contributed by atoms with Gasteiger partial charge in [-0.2, -0.15) is 0 Å². The molecule has 1 N–H and O–H groups in total. The van der Waals surface area contributed by atoms with Gasteiger partial charge in [-0.05, 0) is 13.0 Å². The summed E-state index contributed by atoms with van der Waals surface area (Å²) in [7, 11) is 3.30. The van der Waals surface area contributed by atoms with Crippen LogP contribution in [0.2, 0.25) is 0 Å². The minimum absolute atomic E-state index is 0.218. The molecule has 0 radical (unpaired) electrons. The van der Waals surface area contributed by atoms with Gasteiger partial charge in [-0.15, -0.1) is 11.3 Å². The molecule has 1 unspecified atom stereocenters. The van der Waals surface area contributed by atoms with E-state index in [1.165, 1.54) is 0 Å². The number of hydrogen-bond donors (Lipinski definition) is 1. The van der Waals surface area contributed by atoms with Gasteiger partial charge in [0.1, 0.15) is 5.01 Å². The van der Waals surface area contributed by atoms with Gasteiger partial charge in [0, 0.05) is 23.7 Å². The van der Waals surface area contributed by atoms with Gasteiger partial charge >= 0.3 is 0 Å². The second kappa shape index (κ2) is 6.54. The van der Waals surface area contributed by atoms with Crippen molar-refractivity contribution in [2.24, 2.45) is 0 Å². The molecule has 1 atom stereocenters. The van der Waals surface area contributed by atoms with E-state index < -0.39 is 0 Å². The summed E-state index contributed by atoms with van der Waals surface area (Å²) in [5.74, 6) is 1.53. The molecule has 0 spiro atoms. The van der Waals surface area contributed by atoms with Gasteiger partial charge in [-0.25, -0.2) is 4.98 Å². The summed E-state index contributed by atoms with van der Waals surface area (Å²) in [5, 5.41) is 6.51. The van der Waals surface area contributed by atoms with Crippen molar-refractivity contribution >= 4 is 11.3 Å². The minimum atomic E-state index is 0.218. The predicted octanol–water partition coefficient (Wildman–Crippen LogP) is 3.01. The smallest absolute Gasteiger partial charge is 0.165 e. The molecule has 0 saturated heterocycles. The van der Waals surface area contributed by atoms with Gasteiger partial charge in [0.2, 0.25) is 0 Å². The molecular weight excluding hydrogens is 260 g/mol. The van der Waals surface area contributed by atoms with Gasteiger partial charge in [-0.1, -0.05) is 12.1 Å². The molecular formula is C14H18N2O2S. The molecule has 0 fully saturated rings. The van der Waals surface area contributed by atoms with Crippen molar-refractivity contribution in [1.82, 2.24) is 10.3 Å². The van der Waals surface area contributed by atoms with Crippen LogP contribution in [0.3, 0.4) is 0 Å². The van der Waals surface area contributed by atoms with E-state index in [4.69, 9.17) is 9.47 Å². The van der Waals surface area contributed by atoms with Crippen molar-refractivity contribution in [2.45, 2.75) is 19.5 Å². The van der Waals surface area contributed by atoms with Crippen LogP contribution in [0.1, 0.15) is 23.5 Å². The summed E-state index contributed by atoms with van der Waals surface area (Å²) in [6.07, 6.45) is 1.82. The number of nitrogens with one attached hydrogen (secondary N) is 1. The number of rotatable bonds is 6. The average Bonchev–Trinajstić information content (AvgIpc) is 2.98. The maximum absolute atomic E-state index is 5.41. The van der Waals surface area contributed by atoms with Crippen LogP contribution in [0.25, 0.3) is 0 Å². The third-order valence-corrected chi connectivity index (χ3v) is 3.86. The number of benzene rings is 1. The quantitative estimate of drug-likeness (QED) is 0.882. The molecule has 102 valence electrons. The number of ether oxygens (including phenoxy) is 2. The standard InChI is InChI=1S/C14H18N2O2S/c1-10(14-15-7-8-19-14)16-9-11-5-4-6-12(17-2)13(11)18-3/h4-8,10,16H,9H2,1-3H3. The Morgan fingerprint density at radius 3 is 2.79 bits per heavy atom. The third-order valence-electron chi connectivity index (χ3n) is 2.91. The number of aromatic nitrogens is 1. The van der Waals surface area contributed by atoms with Crippen molar-refractivity contribution in [2.75, 3.05) is 14.2 Å². The summed E-state index contributed by atoms with van der Waals surface area (Å²) in [4.78, 5) is 4.30. The molecule has 19 heavy (non-hydrogen) atoms. The summed E-state index contributed by atoms with van der Waals surface area (Å²) in [5.41, 5.74) is 1.07. The lowest BCUT2D eigenvalue weighted by Crippen LogP contribution is -2.18. The highest BCUT2D eigenvalue weighted by molar-refractivity contribution is 7.09. The number of hydrogen-bond acceptors (Lipinski definition) is 5. The first-order valence-corrected chi connectivity index (χ1v) is 6.97. The van der Waals surface area contributed by atoms with E-state index >= 15 is 0 Å². The van der Waals surface area contributed by atoms with Crippen LogP contribution in [0.5, 0.6) is 11.5 Å². The SMILES string of the molecule is COc1cccc(CNC(C)c2nccs2)c1OC. The molecule has 1 heterocycles. The summed E-state index contributed by atoms with van der Waals surface area (Å²) < 4.78 is 10.7. The van der Waals surface area contributed by atoms with Crippen LogP contribution in [0.4, 0.5) is 0 Å². The zero-order chi connectivity index (χ0) is 13.7. The van der Waals surface area contributed by atoms with Crippen LogP contribution in [0, 0.1) is 0 Å². The molecule has 1 aromatic carbocycles. The lowest BCUT2D eigenvalue weighted by atomic mass is 10.1. The number of nitrogens with zero attached hydrogens (tertiary/aromatic N) is 1. The molecule has 0 bridgehead atoms. The molecule has 4 nitrogen and oxygen atoms in total. The molecule has 2 rings (SSSR count). The first-order chi connectivity index (χ1) is 9.26. The van der Waals surface area contributed by atoms with Crippen LogP contribution < -0.4 is 14.8 Å². The number of thiazole rings is 1. The maximum atomic E-state index is 5.41. The molecule has 2 aromatic rings. The van der Waals surface area contributed by atoms with Gasteiger partial charge in [0.25, 0.3) is 0 Å². The largest absolute Gasteiger partial charge is 0.493 e. The van der Waals surface area contributed by atoms with Crippen molar-refractivity contribution in [1.29, 1.82) is 0 Å². The van der Waals surface area contributed by atoms with Crippen LogP contribution in [-0.4, -0.2) is 19.2 Å². The van der Waals surface area contributed by atoms with E-state index in [1.54, 1.807) is 25.6 Å². The third kappa shape index (κ3) is 3.24. The number of methoxy groups -OCH3 is 2. The Bertz CT molecular complexity index is 514. The minimum Gasteiger partial charge on any atom is -0.493 e. The van der Waals surface area contributed by atoms with Crippen LogP contribution in [0.15, 0.2) is 29.8 Å². The van der Waals surface area contributed by atoms with Crippen LogP contribution >= 0.6 is 11.3 Å². The van der Waals surface area contributed by atoms with Crippen molar-refractivity contribution in [3.63, 3.8) is 0 Å². The van der Waals surface area contributed by atoms with E-state index in [9.17, 15) is 0 Å². The molecule has 0 aliphatic carbocycles. The lowest BCUT2D eigenvalue weighted by molar-refractivity contribution is 0.350. The Morgan fingerprint density at radius 1 is 1.32 bits per heavy atom. The monoisotopic (exact) mass is 278 g/mol. The summed E-state index contributed by atoms with van der Waals surface area (Å²) in [6, 6.07) is 6.11. The zero-order valence-electron chi connectivity index (χ0n) is 11.3. The van der Waals surface area contributed by atoms with E-state index in [2.05, 4.69) is 17.2 Å². The topological polar surface area (TPSA) is 43.4 Å². The Labute approximate surface area is 117 Å². The van der Waals surface area contributed by atoms with Crippen molar-refractivity contribution in [3.05, 3.63) is 40.3 Å². The second-order valence-corrected chi connectivity index (χ2v) is 5.05. The fraction of sp³-hybridized carbons (Fsp3) is 0.357. The van der Waals surface area contributed by atoms with Gasteiger partial charge in [0.05, 0.1) is 20.3 Å². The first kappa shape index (κ1) is 13.8. The van der Waals surface area contributed by atoms with Gasteiger partial charge < -0.3 is 14.8 Å². The Balaban J connectivity index is 2.07. The average molecular weight is 278 g/mol. The lowest BCUT2D eigenvalue weighted by Gasteiger charge is -2.15. The first-order valence-electron chi connectivity index (χ1n) is 6.09. The van der Waals surface area contributed by atoms with E-state index in [0.29, 0.717) is 6.54 Å². The van der Waals surface area contributed by atoms with Gasteiger partial charge in [-0.3, -0.25) is 0 Å². The molecule has 0 saturated carbocycles. The van der Waals surface area contributed by atoms with Crippen molar-refractivity contribution < 1.29 is 9.47 Å². The molecule has 0 amide bonds. The molecule has 0 aliphatic rings. The zero-order valence-corrected chi connectivity index (χ0v) is 12.2. The molecule has 0 aliphatic heterocycles. The predicted molar refractivity (Wildman–Crippen MR) is 76.9 cm³/mol. The maximum Gasteiger partial charge on any atom is 0.165 e. The van der Waals surface area contributed by atoms with Crippen molar-refractivity contribution in [3.8, 4) is 11.5 Å². The fourth-order valence-electron chi connectivity index (χ4n) is 1.89. The second-order valence-electron chi connectivity index (χ2n) is 4.13. The van der Waals surface area contributed by atoms with Gasteiger partial charge in [0.15, 0.2) is 11.5 Å². The van der Waals surface area contributed by atoms with E-state index in [0.717, 1.165) is 22.1 Å². The molecule has 5 heteroatoms. The summed E-state index contributed by atoms with van der Waals surface area (Å²) >= 11 is 1.65. The Kier molecular flexibility index (Phi) is 4.76. The van der Waals surface area contributed by atoms with Crippen LogP contribution in [-0.2, 0) is 6.54 Å². The summed E-state index contributed by atoms with van der Waals surface area (Å²) in [6.45, 7) is 2.81. The Morgan fingerprint density at radius 2 is 2.16 bits per heavy atom. The fourth-order valence-corrected chi connectivity index (χ4v) is 2.56.